The van der Waals surface area contributed by atoms with Crippen molar-refractivity contribution in [1.29, 1.82) is 0 Å². The van der Waals surface area contributed by atoms with Gasteiger partial charge in [-0.25, -0.2) is 4.98 Å². The zero-order valence-corrected chi connectivity index (χ0v) is 9.65. The second-order valence-electron chi connectivity index (χ2n) is 3.07. The summed E-state index contributed by atoms with van der Waals surface area (Å²) >= 11 is 3.12. The minimum absolute atomic E-state index is 0.300. The van der Waals surface area contributed by atoms with E-state index < -0.39 is 0 Å². The molecule has 0 spiro atoms. The molecule has 0 fully saturated rings. The van der Waals surface area contributed by atoms with Crippen LogP contribution in [0.3, 0.4) is 0 Å². The van der Waals surface area contributed by atoms with Gasteiger partial charge in [-0.1, -0.05) is 0 Å². The van der Waals surface area contributed by atoms with E-state index in [0.29, 0.717) is 6.04 Å². The number of hydrogen-bond acceptors (Lipinski definition) is 5. The van der Waals surface area contributed by atoms with Crippen LogP contribution in [0.5, 0.6) is 0 Å². The summed E-state index contributed by atoms with van der Waals surface area (Å²) in [6, 6.07) is 2.42. The molecule has 0 aliphatic rings. The van der Waals surface area contributed by atoms with Gasteiger partial charge >= 0.3 is 0 Å². The fourth-order valence-corrected chi connectivity index (χ4v) is 2.56. The van der Waals surface area contributed by atoms with Crippen molar-refractivity contribution in [2.75, 3.05) is 5.32 Å². The fraction of sp³-hybridized carbons (Fsp3) is 0.333. The van der Waals surface area contributed by atoms with Crippen LogP contribution < -0.4 is 5.32 Å². The quantitative estimate of drug-likeness (QED) is 0.872. The molecule has 1 N–H and O–H groups in total. The van der Waals surface area contributed by atoms with Crippen molar-refractivity contribution in [2.45, 2.75) is 19.9 Å². The highest BCUT2D eigenvalue weighted by Gasteiger charge is 2.07. The van der Waals surface area contributed by atoms with Crippen molar-refractivity contribution in [1.82, 2.24) is 9.36 Å². The average molecular weight is 225 g/mol. The van der Waals surface area contributed by atoms with Crippen LogP contribution in [0.4, 0.5) is 5.13 Å². The Labute approximate surface area is 91.0 Å². The van der Waals surface area contributed by atoms with E-state index in [2.05, 4.69) is 38.4 Å². The van der Waals surface area contributed by atoms with Crippen molar-refractivity contribution in [2.24, 2.45) is 0 Å². The Kier molecular flexibility index (Phi) is 2.79. The van der Waals surface area contributed by atoms with Crippen LogP contribution in [-0.2, 0) is 0 Å². The summed E-state index contributed by atoms with van der Waals surface area (Å²) in [5.74, 6) is 0.829. The molecule has 0 bridgehead atoms. The van der Waals surface area contributed by atoms with Crippen LogP contribution >= 0.6 is 22.9 Å². The number of thiophene rings is 1. The van der Waals surface area contributed by atoms with Gasteiger partial charge in [-0.05, 0) is 36.2 Å². The maximum atomic E-state index is 4.26. The molecule has 2 heterocycles. The molecule has 0 aliphatic heterocycles. The molecule has 0 amide bonds. The third-order valence-corrected chi connectivity index (χ3v) is 3.35. The maximum absolute atomic E-state index is 4.26. The summed E-state index contributed by atoms with van der Waals surface area (Å²) < 4.78 is 4.12. The molecule has 1 unspecified atom stereocenters. The van der Waals surface area contributed by atoms with Crippen molar-refractivity contribution < 1.29 is 0 Å². The van der Waals surface area contributed by atoms with E-state index in [1.165, 1.54) is 17.1 Å². The first kappa shape index (κ1) is 9.61. The molecule has 14 heavy (non-hydrogen) atoms. The molecule has 0 saturated heterocycles. The molecule has 0 aromatic carbocycles. The number of hydrogen-bond donors (Lipinski definition) is 1. The molecule has 0 saturated carbocycles. The number of nitrogens with zero attached hydrogens (tertiary/aromatic N) is 2. The van der Waals surface area contributed by atoms with Crippen molar-refractivity contribution in [3.63, 3.8) is 0 Å². The summed E-state index contributed by atoms with van der Waals surface area (Å²) in [5, 5.41) is 8.43. The van der Waals surface area contributed by atoms with Gasteiger partial charge < -0.3 is 5.32 Å². The van der Waals surface area contributed by atoms with Gasteiger partial charge in [0, 0.05) is 11.5 Å². The smallest absolute Gasteiger partial charge is 0.203 e. The standard InChI is InChI=1S/C9H11N3S2/c1-6(8-3-4-13-5-8)10-9-11-7(2)12-14-9/h3-6H,1-2H3,(H,10,11,12). The van der Waals surface area contributed by atoms with E-state index in [-0.39, 0.29) is 0 Å². The molecular formula is C9H11N3S2. The highest BCUT2D eigenvalue weighted by atomic mass is 32.1. The van der Waals surface area contributed by atoms with Gasteiger partial charge in [0.05, 0.1) is 6.04 Å². The summed E-state index contributed by atoms with van der Waals surface area (Å²) in [4.78, 5) is 4.26. The minimum atomic E-state index is 0.300. The molecule has 2 aromatic heterocycles. The number of aryl methyl sites for hydroxylation is 1. The molecule has 74 valence electrons. The Morgan fingerprint density at radius 2 is 2.36 bits per heavy atom. The van der Waals surface area contributed by atoms with Crippen molar-refractivity contribution >= 4 is 28.0 Å². The average Bonchev–Trinajstić information content (AvgIpc) is 2.75. The normalized spacial score (nSPS) is 12.7. The highest BCUT2D eigenvalue weighted by Crippen LogP contribution is 2.21. The molecule has 2 rings (SSSR count). The van der Waals surface area contributed by atoms with Crippen LogP contribution in [0, 0.1) is 6.92 Å². The molecule has 1 atom stereocenters. The molecule has 2 aromatic rings. The number of rotatable bonds is 3. The van der Waals surface area contributed by atoms with Gasteiger partial charge in [0.15, 0.2) is 0 Å². The lowest BCUT2D eigenvalue weighted by Crippen LogP contribution is -2.04. The second kappa shape index (κ2) is 4.06. The summed E-state index contributed by atoms with van der Waals surface area (Å²) in [6.45, 7) is 4.02. The SMILES string of the molecule is Cc1nsc(NC(C)c2ccsc2)n1. The number of aromatic nitrogens is 2. The van der Waals surface area contributed by atoms with Crippen LogP contribution in [0.2, 0.25) is 0 Å². The van der Waals surface area contributed by atoms with Gasteiger partial charge in [0.25, 0.3) is 0 Å². The zero-order valence-electron chi connectivity index (χ0n) is 8.02. The number of nitrogens with one attached hydrogen (secondary N) is 1. The minimum Gasteiger partial charge on any atom is -0.354 e. The van der Waals surface area contributed by atoms with Gasteiger partial charge in [0.2, 0.25) is 5.13 Å². The Morgan fingerprint density at radius 3 is 2.93 bits per heavy atom. The molecule has 0 radical (unpaired) electrons. The van der Waals surface area contributed by atoms with Gasteiger partial charge in [0.1, 0.15) is 5.82 Å². The third-order valence-electron chi connectivity index (χ3n) is 1.91. The summed E-state index contributed by atoms with van der Waals surface area (Å²) in [7, 11) is 0. The van der Waals surface area contributed by atoms with Crippen molar-refractivity contribution in [3.05, 3.63) is 28.2 Å². The fourth-order valence-electron chi connectivity index (χ4n) is 1.15. The first-order chi connectivity index (χ1) is 6.75. The third kappa shape index (κ3) is 2.10. The second-order valence-corrected chi connectivity index (χ2v) is 4.60. The predicted molar refractivity (Wildman–Crippen MR) is 61.0 cm³/mol. The predicted octanol–water partition coefficient (Wildman–Crippen LogP) is 3.08. The summed E-state index contributed by atoms with van der Waals surface area (Å²) in [6.07, 6.45) is 0. The van der Waals surface area contributed by atoms with E-state index in [1.54, 1.807) is 11.3 Å². The Hall–Kier alpha value is -0.940. The largest absolute Gasteiger partial charge is 0.354 e. The first-order valence-corrected chi connectivity index (χ1v) is 6.06. The molecule has 5 heteroatoms. The van der Waals surface area contributed by atoms with Crippen LogP contribution in [0.1, 0.15) is 24.4 Å². The summed E-state index contributed by atoms with van der Waals surface area (Å²) in [5.41, 5.74) is 1.29. The van der Waals surface area contributed by atoms with Gasteiger partial charge in [-0.15, -0.1) is 0 Å². The number of anilines is 1. The van der Waals surface area contributed by atoms with E-state index in [4.69, 9.17) is 0 Å². The Morgan fingerprint density at radius 1 is 1.50 bits per heavy atom. The topological polar surface area (TPSA) is 37.8 Å². The van der Waals surface area contributed by atoms with Gasteiger partial charge in [-0.2, -0.15) is 15.7 Å². The lowest BCUT2D eigenvalue weighted by Gasteiger charge is -2.09. The van der Waals surface area contributed by atoms with Crippen LogP contribution in [0.25, 0.3) is 0 Å². The van der Waals surface area contributed by atoms with Crippen molar-refractivity contribution in [3.8, 4) is 0 Å². The Balaban J connectivity index is 2.05. The lowest BCUT2D eigenvalue weighted by atomic mass is 10.2. The highest BCUT2D eigenvalue weighted by molar-refractivity contribution is 7.09. The maximum Gasteiger partial charge on any atom is 0.203 e. The Bertz CT molecular complexity index is 394. The monoisotopic (exact) mass is 225 g/mol. The van der Waals surface area contributed by atoms with Crippen LogP contribution in [-0.4, -0.2) is 9.36 Å². The first-order valence-electron chi connectivity index (χ1n) is 4.34. The van der Waals surface area contributed by atoms with Crippen LogP contribution in [0.15, 0.2) is 16.8 Å². The lowest BCUT2D eigenvalue weighted by molar-refractivity contribution is 0.885. The molecular weight excluding hydrogens is 214 g/mol. The van der Waals surface area contributed by atoms with Gasteiger partial charge in [-0.3, -0.25) is 0 Å². The van der Waals surface area contributed by atoms with E-state index in [0.717, 1.165) is 11.0 Å². The van der Waals surface area contributed by atoms with E-state index in [1.807, 2.05) is 6.92 Å². The molecule has 0 aliphatic carbocycles. The van der Waals surface area contributed by atoms with E-state index in [9.17, 15) is 0 Å². The zero-order chi connectivity index (χ0) is 9.97. The van der Waals surface area contributed by atoms with E-state index >= 15 is 0 Å². The molecule has 3 nitrogen and oxygen atoms in total.